The predicted molar refractivity (Wildman–Crippen MR) is 101 cm³/mol. The molecule has 0 radical (unpaired) electrons. The SMILES string of the molecule is Cc1ccc(CCNC(=O)c2cnn3c4c(cnc23)CCCCC4)cc1. The van der Waals surface area contributed by atoms with Crippen molar-refractivity contribution >= 4 is 11.6 Å². The van der Waals surface area contributed by atoms with E-state index >= 15 is 0 Å². The summed E-state index contributed by atoms with van der Waals surface area (Å²) in [6.07, 6.45) is 10.1. The van der Waals surface area contributed by atoms with Crippen molar-refractivity contribution < 1.29 is 4.79 Å². The molecule has 0 aliphatic heterocycles. The smallest absolute Gasteiger partial charge is 0.256 e. The molecular weight excluding hydrogens is 324 g/mol. The number of amides is 1. The van der Waals surface area contributed by atoms with Gasteiger partial charge in [-0.2, -0.15) is 5.10 Å². The monoisotopic (exact) mass is 348 g/mol. The van der Waals surface area contributed by atoms with Crippen molar-refractivity contribution in [1.29, 1.82) is 0 Å². The van der Waals surface area contributed by atoms with Gasteiger partial charge < -0.3 is 5.32 Å². The zero-order chi connectivity index (χ0) is 17.9. The standard InChI is InChI=1S/C21H24N4O/c1-15-7-9-16(10-8-15)11-12-22-21(26)18-14-24-25-19-6-4-2-3-5-17(19)13-23-20(18)25/h7-10,13-14H,2-6,11-12H2,1H3,(H,22,26). The molecule has 0 bridgehead atoms. The number of aryl methyl sites for hydroxylation is 3. The molecule has 2 aromatic heterocycles. The number of fused-ring (bicyclic) bond motifs is 3. The fourth-order valence-corrected chi connectivity index (χ4v) is 3.60. The lowest BCUT2D eigenvalue weighted by Gasteiger charge is -2.08. The molecule has 134 valence electrons. The van der Waals surface area contributed by atoms with E-state index in [1.165, 1.54) is 41.6 Å². The van der Waals surface area contributed by atoms with Gasteiger partial charge in [-0.1, -0.05) is 36.2 Å². The summed E-state index contributed by atoms with van der Waals surface area (Å²) in [7, 11) is 0. The van der Waals surface area contributed by atoms with Crippen LogP contribution in [-0.4, -0.2) is 27.0 Å². The van der Waals surface area contributed by atoms with E-state index in [1.807, 2.05) is 10.7 Å². The minimum absolute atomic E-state index is 0.104. The molecule has 1 aliphatic carbocycles. The summed E-state index contributed by atoms with van der Waals surface area (Å²) < 4.78 is 1.87. The summed E-state index contributed by atoms with van der Waals surface area (Å²) in [6, 6.07) is 8.40. The molecule has 26 heavy (non-hydrogen) atoms. The molecule has 3 aromatic rings. The van der Waals surface area contributed by atoms with E-state index in [1.54, 1.807) is 6.20 Å². The van der Waals surface area contributed by atoms with E-state index < -0.39 is 0 Å². The Hall–Kier alpha value is -2.69. The van der Waals surface area contributed by atoms with Crippen LogP contribution in [0.25, 0.3) is 5.65 Å². The topological polar surface area (TPSA) is 59.3 Å². The van der Waals surface area contributed by atoms with Crippen LogP contribution in [0.15, 0.2) is 36.7 Å². The van der Waals surface area contributed by atoms with E-state index in [0.717, 1.165) is 19.3 Å². The van der Waals surface area contributed by atoms with Gasteiger partial charge in [0.1, 0.15) is 5.56 Å². The normalized spacial score (nSPS) is 14.0. The van der Waals surface area contributed by atoms with E-state index in [4.69, 9.17) is 0 Å². The van der Waals surface area contributed by atoms with Crippen LogP contribution in [0.4, 0.5) is 0 Å². The van der Waals surface area contributed by atoms with Gasteiger partial charge in [0.25, 0.3) is 5.91 Å². The number of benzene rings is 1. The molecule has 5 heteroatoms. The van der Waals surface area contributed by atoms with Gasteiger partial charge in [0.2, 0.25) is 0 Å². The van der Waals surface area contributed by atoms with Gasteiger partial charge in [-0.3, -0.25) is 4.79 Å². The molecule has 0 fully saturated rings. The Balaban J connectivity index is 1.48. The summed E-state index contributed by atoms with van der Waals surface area (Å²) >= 11 is 0. The van der Waals surface area contributed by atoms with Gasteiger partial charge >= 0.3 is 0 Å². The third-order valence-corrected chi connectivity index (χ3v) is 5.14. The van der Waals surface area contributed by atoms with Crippen molar-refractivity contribution in [2.45, 2.75) is 45.4 Å². The van der Waals surface area contributed by atoms with Crippen LogP contribution in [0, 0.1) is 6.92 Å². The first-order chi connectivity index (χ1) is 12.7. The van der Waals surface area contributed by atoms with Gasteiger partial charge in [-0.25, -0.2) is 9.50 Å². The van der Waals surface area contributed by atoms with Gasteiger partial charge in [-0.05, 0) is 50.2 Å². The quantitative estimate of drug-likeness (QED) is 0.736. The van der Waals surface area contributed by atoms with Crippen LogP contribution >= 0.6 is 0 Å². The van der Waals surface area contributed by atoms with Crippen LogP contribution in [0.5, 0.6) is 0 Å². The maximum Gasteiger partial charge on any atom is 0.256 e. The van der Waals surface area contributed by atoms with Crippen molar-refractivity contribution in [3.8, 4) is 0 Å². The number of aromatic nitrogens is 3. The third kappa shape index (κ3) is 3.34. The lowest BCUT2D eigenvalue weighted by atomic mass is 10.1. The fraction of sp³-hybridized carbons (Fsp3) is 0.381. The Labute approximate surface area is 153 Å². The lowest BCUT2D eigenvalue weighted by molar-refractivity contribution is 0.0955. The highest BCUT2D eigenvalue weighted by Crippen LogP contribution is 2.21. The zero-order valence-electron chi connectivity index (χ0n) is 15.2. The Bertz CT molecular complexity index is 927. The summed E-state index contributed by atoms with van der Waals surface area (Å²) in [6.45, 7) is 2.68. The summed E-state index contributed by atoms with van der Waals surface area (Å²) in [4.78, 5) is 17.1. The second-order valence-electron chi connectivity index (χ2n) is 7.08. The molecule has 2 heterocycles. The molecule has 0 spiro atoms. The highest BCUT2D eigenvalue weighted by atomic mass is 16.1. The van der Waals surface area contributed by atoms with E-state index in [2.05, 4.69) is 46.6 Å². The molecule has 1 aromatic carbocycles. The molecule has 0 saturated carbocycles. The number of nitrogens with one attached hydrogen (secondary N) is 1. The Morgan fingerprint density at radius 2 is 1.92 bits per heavy atom. The van der Waals surface area contributed by atoms with Crippen molar-refractivity contribution in [3.05, 3.63) is 64.6 Å². The summed E-state index contributed by atoms with van der Waals surface area (Å²) in [5, 5.41) is 7.46. The van der Waals surface area contributed by atoms with Crippen molar-refractivity contribution in [2.75, 3.05) is 6.54 Å². The van der Waals surface area contributed by atoms with E-state index in [-0.39, 0.29) is 5.91 Å². The lowest BCUT2D eigenvalue weighted by Crippen LogP contribution is -2.25. The molecule has 5 nitrogen and oxygen atoms in total. The molecule has 1 aliphatic rings. The van der Waals surface area contributed by atoms with Crippen LogP contribution in [-0.2, 0) is 19.3 Å². The maximum absolute atomic E-state index is 12.6. The average molecular weight is 348 g/mol. The van der Waals surface area contributed by atoms with Crippen LogP contribution < -0.4 is 5.32 Å². The third-order valence-electron chi connectivity index (χ3n) is 5.14. The second kappa shape index (κ2) is 7.28. The first-order valence-electron chi connectivity index (χ1n) is 9.40. The largest absolute Gasteiger partial charge is 0.352 e. The Kier molecular flexibility index (Phi) is 4.69. The number of rotatable bonds is 4. The first kappa shape index (κ1) is 16.8. The predicted octanol–water partition coefficient (Wildman–Crippen LogP) is 3.28. The number of carbonyl (C=O) groups is 1. The maximum atomic E-state index is 12.6. The molecular formula is C21H24N4O. The van der Waals surface area contributed by atoms with Gasteiger partial charge in [0.15, 0.2) is 5.65 Å². The number of nitrogens with zero attached hydrogens (tertiary/aromatic N) is 3. The Morgan fingerprint density at radius 1 is 1.12 bits per heavy atom. The van der Waals surface area contributed by atoms with Gasteiger partial charge in [0.05, 0.1) is 6.20 Å². The molecule has 1 N–H and O–H groups in total. The minimum Gasteiger partial charge on any atom is -0.352 e. The average Bonchev–Trinajstić information content (AvgIpc) is 2.94. The molecule has 4 rings (SSSR count). The van der Waals surface area contributed by atoms with E-state index in [0.29, 0.717) is 17.8 Å². The summed E-state index contributed by atoms with van der Waals surface area (Å²) in [5.41, 5.74) is 6.17. The van der Waals surface area contributed by atoms with Crippen LogP contribution in [0.2, 0.25) is 0 Å². The number of hydrogen-bond donors (Lipinski definition) is 1. The van der Waals surface area contributed by atoms with Crippen molar-refractivity contribution in [2.24, 2.45) is 0 Å². The molecule has 0 atom stereocenters. The molecule has 1 amide bonds. The zero-order valence-corrected chi connectivity index (χ0v) is 15.2. The highest BCUT2D eigenvalue weighted by Gasteiger charge is 2.18. The van der Waals surface area contributed by atoms with Crippen LogP contribution in [0.3, 0.4) is 0 Å². The molecule has 0 saturated heterocycles. The van der Waals surface area contributed by atoms with Crippen molar-refractivity contribution in [1.82, 2.24) is 19.9 Å². The summed E-state index contributed by atoms with van der Waals surface area (Å²) in [5.74, 6) is -0.104. The number of hydrogen-bond acceptors (Lipinski definition) is 3. The van der Waals surface area contributed by atoms with E-state index in [9.17, 15) is 4.79 Å². The Morgan fingerprint density at radius 3 is 2.77 bits per heavy atom. The molecule has 0 unspecified atom stereocenters. The van der Waals surface area contributed by atoms with Crippen molar-refractivity contribution in [3.63, 3.8) is 0 Å². The fourth-order valence-electron chi connectivity index (χ4n) is 3.60. The minimum atomic E-state index is -0.104. The van der Waals surface area contributed by atoms with Crippen LogP contribution in [0.1, 0.15) is 52.0 Å². The highest BCUT2D eigenvalue weighted by molar-refractivity contribution is 5.99. The number of carbonyl (C=O) groups excluding carboxylic acids is 1. The van der Waals surface area contributed by atoms with Gasteiger partial charge in [-0.15, -0.1) is 0 Å². The van der Waals surface area contributed by atoms with Gasteiger partial charge in [0, 0.05) is 18.4 Å². The second-order valence-corrected chi connectivity index (χ2v) is 7.08. The first-order valence-corrected chi connectivity index (χ1v) is 9.40.